The Balaban J connectivity index is 1.97. The van der Waals surface area contributed by atoms with Crippen LogP contribution >= 0.6 is 0 Å². The molecule has 104 valence electrons. The molecular formula is C17H21N3. The predicted octanol–water partition coefficient (Wildman–Crippen LogP) is 3.21. The van der Waals surface area contributed by atoms with Crippen LogP contribution in [0, 0.1) is 13.8 Å². The fraction of sp³-hybridized carbons (Fsp3) is 0.412. The van der Waals surface area contributed by atoms with Crippen LogP contribution in [-0.2, 0) is 6.42 Å². The zero-order valence-electron chi connectivity index (χ0n) is 12.1. The van der Waals surface area contributed by atoms with Gasteiger partial charge in [-0.05, 0) is 56.4 Å². The molecule has 2 aromatic rings. The summed E-state index contributed by atoms with van der Waals surface area (Å²) in [5.41, 5.74) is 12.3. The fourth-order valence-corrected chi connectivity index (χ4v) is 3.26. The zero-order valence-corrected chi connectivity index (χ0v) is 12.1. The lowest BCUT2D eigenvalue weighted by atomic mass is 9.79. The fourth-order valence-electron chi connectivity index (χ4n) is 3.26. The molecule has 20 heavy (non-hydrogen) atoms. The summed E-state index contributed by atoms with van der Waals surface area (Å²) < 4.78 is 0. The summed E-state index contributed by atoms with van der Waals surface area (Å²) in [6, 6.07) is 8.36. The lowest BCUT2D eigenvalue weighted by Crippen LogP contribution is -2.25. The molecule has 3 rings (SSSR count). The summed E-state index contributed by atoms with van der Waals surface area (Å²) in [5.74, 6) is 0.308. The normalized spacial score (nSPS) is 19.4. The SMILES string of the molecule is Cc1ccc(C(N)C2CCCc3cccnc32)c(C)n1. The van der Waals surface area contributed by atoms with Gasteiger partial charge < -0.3 is 5.73 Å². The second-order valence-electron chi connectivity index (χ2n) is 5.70. The number of rotatable bonds is 2. The van der Waals surface area contributed by atoms with Crippen molar-refractivity contribution in [3.8, 4) is 0 Å². The van der Waals surface area contributed by atoms with E-state index in [2.05, 4.69) is 22.1 Å². The molecule has 3 heteroatoms. The largest absolute Gasteiger partial charge is 0.323 e. The third-order valence-corrected chi connectivity index (χ3v) is 4.30. The molecule has 2 N–H and O–H groups in total. The number of pyridine rings is 2. The van der Waals surface area contributed by atoms with Crippen LogP contribution in [0.15, 0.2) is 30.5 Å². The number of fused-ring (bicyclic) bond motifs is 1. The third-order valence-electron chi connectivity index (χ3n) is 4.30. The average Bonchev–Trinajstić information content (AvgIpc) is 2.46. The second-order valence-corrected chi connectivity index (χ2v) is 5.70. The van der Waals surface area contributed by atoms with Crippen LogP contribution in [0.4, 0.5) is 0 Å². The van der Waals surface area contributed by atoms with Gasteiger partial charge in [-0.25, -0.2) is 0 Å². The van der Waals surface area contributed by atoms with E-state index >= 15 is 0 Å². The standard InChI is InChI=1S/C17H21N3/c1-11-8-9-14(12(2)20-11)16(18)15-7-3-5-13-6-4-10-19-17(13)15/h4,6,8-10,15-16H,3,5,7,18H2,1-2H3. The van der Waals surface area contributed by atoms with Crippen LogP contribution in [0.25, 0.3) is 0 Å². The number of nitrogens with zero attached hydrogens (tertiary/aromatic N) is 2. The number of hydrogen-bond donors (Lipinski definition) is 1. The highest BCUT2D eigenvalue weighted by atomic mass is 14.8. The molecule has 3 nitrogen and oxygen atoms in total. The summed E-state index contributed by atoms with van der Waals surface area (Å²) >= 11 is 0. The van der Waals surface area contributed by atoms with Crippen LogP contribution in [0.1, 0.15) is 53.0 Å². The molecule has 0 aromatic carbocycles. The highest BCUT2D eigenvalue weighted by Crippen LogP contribution is 2.38. The zero-order chi connectivity index (χ0) is 14.1. The van der Waals surface area contributed by atoms with Crippen molar-refractivity contribution in [2.45, 2.75) is 45.1 Å². The van der Waals surface area contributed by atoms with Crippen LogP contribution in [0.2, 0.25) is 0 Å². The minimum atomic E-state index is -0.0166. The minimum absolute atomic E-state index is 0.0166. The lowest BCUT2D eigenvalue weighted by molar-refractivity contribution is 0.460. The Bertz CT molecular complexity index is 621. The summed E-state index contributed by atoms with van der Waals surface area (Å²) in [7, 11) is 0. The smallest absolute Gasteiger partial charge is 0.0485 e. The van der Waals surface area contributed by atoms with E-state index in [1.807, 2.05) is 32.2 Å². The molecule has 1 aliphatic carbocycles. The van der Waals surface area contributed by atoms with Crippen molar-refractivity contribution in [1.29, 1.82) is 0 Å². The molecule has 0 aliphatic heterocycles. The quantitative estimate of drug-likeness (QED) is 0.909. The molecule has 2 atom stereocenters. The van der Waals surface area contributed by atoms with Gasteiger partial charge in [-0.15, -0.1) is 0 Å². The first kappa shape index (κ1) is 13.3. The van der Waals surface area contributed by atoms with Crippen LogP contribution in [0.5, 0.6) is 0 Å². The van der Waals surface area contributed by atoms with Crippen molar-refractivity contribution in [2.24, 2.45) is 5.73 Å². The number of nitrogens with two attached hydrogens (primary N) is 1. The molecule has 0 saturated carbocycles. The molecule has 0 radical (unpaired) electrons. The van der Waals surface area contributed by atoms with Gasteiger partial charge in [-0.2, -0.15) is 0 Å². The first-order valence-electron chi connectivity index (χ1n) is 7.30. The van der Waals surface area contributed by atoms with Gasteiger partial charge in [0.1, 0.15) is 0 Å². The van der Waals surface area contributed by atoms with E-state index in [4.69, 9.17) is 5.73 Å². The predicted molar refractivity (Wildman–Crippen MR) is 80.6 cm³/mol. The van der Waals surface area contributed by atoms with E-state index in [0.717, 1.165) is 29.8 Å². The van der Waals surface area contributed by atoms with E-state index in [1.54, 1.807) is 0 Å². The Hall–Kier alpha value is -1.74. The van der Waals surface area contributed by atoms with Crippen molar-refractivity contribution in [2.75, 3.05) is 0 Å². The monoisotopic (exact) mass is 267 g/mol. The van der Waals surface area contributed by atoms with Crippen molar-refractivity contribution in [3.63, 3.8) is 0 Å². The van der Waals surface area contributed by atoms with E-state index in [1.165, 1.54) is 17.7 Å². The molecule has 0 amide bonds. The molecular weight excluding hydrogens is 246 g/mol. The highest BCUT2D eigenvalue weighted by Gasteiger charge is 2.28. The van der Waals surface area contributed by atoms with Crippen molar-refractivity contribution in [1.82, 2.24) is 9.97 Å². The average molecular weight is 267 g/mol. The molecule has 0 fully saturated rings. The van der Waals surface area contributed by atoms with E-state index in [9.17, 15) is 0 Å². The summed E-state index contributed by atoms with van der Waals surface area (Å²) in [4.78, 5) is 9.14. The summed E-state index contributed by atoms with van der Waals surface area (Å²) in [6.07, 6.45) is 5.30. The molecule has 0 spiro atoms. The second kappa shape index (κ2) is 5.33. The lowest BCUT2D eigenvalue weighted by Gasteiger charge is -2.30. The van der Waals surface area contributed by atoms with Gasteiger partial charge in [0.25, 0.3) is 0 Å². The first-order valence-corrected chi connectivity index (χ1v) is 7.30. The van der Waals surface area contributed by atoms with Crippen molar-refractivity contribution < 1.29 is 0 Å². The van der Waals surface area contributed by atoms with Crippen LogP contribution < -0.4 is 5.73 Å². The Morgan fingerprint density at radius 1 is 1.25 bits per heavy atom. The van der Waals surface area contributed by atoms with E-state index < -0.39 is 0 Å². The van der Waals surface area contributed by atoms with Crippen LogP contribution in [-0.4, -0.2) is 9.97 Å². The van der Waals surface area contributed by atoms with Gasteiger partial charge in [0.15, 0.2) is 0 Å². The van der Waals surface area contributed by atoms with Gasteiger partial charge >= 0.3 is 0 Å². The number of aryl methyl sites for hydroxylation is 3. The topological polar surface area (TPSA) is 51.8 Å². The molecule has 0 bridgehead atoms. The van der Waals surface area contributed by atoms with Crippen molar-refractivity contribution >= 4 is 0 Å². The minimum Gasteiger partial charge on any atom is -0.323 e. The molecule has 0 saturated heterocycles. The third kappa shape index (κ3) is 2.34. The van der Waals surface area contributed by atoms with Gasteiger partial charge in [0.05, 0.1) is 0 Å². The summed E-state index contributed by atoms with van der Waals surface area (Å²) in [5, 5.41) is 0. The van der Waals surface area contributed by atoms with Gasteiger partial charge in [-0.3, -0.25) is 9.97 Å². The van der Waals surface area contributed by atoms with Crippen LogP contribution in [0.3, 0.4) is 0 Å². The molecule has 1 aliphatic rings. The maximum Gasteiger partial charge on any atom is 0.0485 e. The molecule has 2 heterocycles. The maximum atomic E-state index is 6.56. The van der Waals surface area contributed by atoms with E-state index in [-0.39, 0.29) is 6.04 Å². The maximum absolute atomic E-state index is 6.56. The Kier molecular flexibility index (Phi) is 3.53. The number of hydrogen-bond acceptors (Lipinski definition) is 3. The first-order chi connectivity index (χ1) is 9.66. The Labute approximate surface area is 120 Å². The Morgan fingerprint density at radius 2 is 2.10 bits per heavy atom. The number of aromatic nitrogens is 2. The van der Waals surface area contributed by atoms with Gasteiger partial charge in [0, 0.05) is 35.2 Å². The Morgan fingerprint density at radius 3 is 2.90 bits per heavy atom. The van der Waals surface area contributed by atoms with Gasteiger partial charge in [0.2, 0.25) is 0 Å². The molecule has 2 unspecified atom stereocenters. The molecule has 2 aromatic heterocycles. The van der Waals surface area contributed by atoms with Crippen molar-refractivity contribution in [3.05, 3.63) is 58.7 Å². The highest BCUT2D eigenvalue weighted by molar-refractivity contribution is 5.33. The van der Waals surface area contributed by atoms with E-state index in [0.29, 0.717) is 5.92 Å². The van der Waals surface area contributed by atoms with Gasteiger partial charge in [-0.1, -0.05) is 12.1 Å². The summed E-state index contributed by atoms with van der Waals surface area (Å²) in [6.45, 7) is 4.06.